The van der Waals surface area contributed by atoms with Crippen molar-refractivity contribution < 1.29 is 9.53 Å². The predicted octanol–water partition coefficient (Wildman–Crippen LogP) is 4.77. The van der Waals surface area contributed by atoms with Crippen LogP contribution in [-0.2, 0) is 4.74 Å². The van der Waals surface area contributed by atoms with Gasteiger partial charge >= 0.3 is 0 Å². The number of aromatic nitrogens is 3. The molecule has 7 heteroatoms. The van der Waals surface area contributed by atoms with Crippen LogP contribution in [0.25, 0.3) is 10.9 Å². The molecular weight excluding hydrogens is 420 g/mol. The number of rotatable bonds is 5. The third-order valence-electron chi connectivity index (χ3n) is 5.13. The first-order valence-corrected chi connectivity index (χ1v) is 10.4. The van der Waals surface area contributed by atoms with Gasteiger partial charge in [0.2, 0.25) is 0 Å². The minimum Gasteiger partial charge on any atom is -0.356 e. The molecular formula is C21H23BrN4O2. The van der Waals surface area contributed by atoms with E-state index in [9.17, 15) is 4.79 Å². The summed E-state index contributed by atoms with van der Waals surface area (Å²) >= 11 is 3.44. The lowest BCUT2D eigenvalue weighted by Crippen LogP contribution is -2.28. The number of carbonyl (C=O) groups excluding carboxylic acids is 1. The number of nitrogens with one attached hydrogen (secondary N) is 1. The standard InChI is InChI=1S/C21H23BrN4O2/c1-2-18(15-10-17(22)13-23-11-15)25-21(27)14-6-7-19-16(9-14)12-24-26(19)20-5-3-4-8-28-20/h6-7,9-13,18,20H,2-5,8H2,1H3,(H,25,27). The SMILES string of the molecule is CCC(NC(=O)c1ccc2c(cnn2C2CCCCO2)c1)c1cncc(Br)c1. The second-order valence-electron chi connectivity index (χ2n) is 7.05. The van der Waals surface area contributed by atoms with Crippen molar-refractivity contribution in [3.8, 4) is 0 Å². The largest absolute Gasteiger partial charge is 0.356 e. The molecule has 4 rings (SSSR count). The van der Waals surface area contributed by atoms with E-state index in [-0.39, 0.29) is 18.2 Å². The summed E-state index contributed by atoms with van der Waals surface area (Å²) in [5.74, 6) is -0.101. The molecule has 2 unspecified atom stereocenters. The van der Waals surface area contributed by atoms with Gasteiger partial charge in [-0.3, -0.25) is 9.78 Å². The van der Waals surface area contributed by atoms with Gasteiger partial charge in [0.15, 0.2) is 6.23 Å². The molecule has 6 nitrogen and oxygen atoms in total. The number of halogens is 1. The van der Waals surface area contributed by atoms with Crippen molar-refractivity contribution in [2.45, 2.75) is 44.9 Å². The average molecular weight is 443 g/mol. The van der Waals surface area contributed by atoms with Gasteiger partial charge in [0.05, 0.1) is 17.8 Å². The molecule has 2 atom stereocenters. The van der Waals surface area contributed by atoms with E-state index in [1.54, 1.807) is 18.6 Å². The molecule has 3 heterocycles. The first-order chi connectivity index (χ1) is 13.7. The lowest BCUT2D eigenvalue weighted by atomic mass is 10.1. The Morgan fingerprint density at radius 1 is 1.32 bits per heavy atom. The van der Waals surface area contributed by atoms with Gasteiger partial charge in [-0.05, 0) is 71.4 Å². The quantitative estimate of drug-likeness (QED) is 0.617. The van der Waals surface area contributed by atoms with Crippen LogP contribution in [0.5, 0.6) is 0 Å². The van der Waals surface area contributed by atoms with Gasteiger partial charge in [0.25, 0.3) is 5.91 Å². The zero-order valence-electron chi connectivity index (χ0n) is 15.8. The second-order valence-corrected chi connectivity index (χ2v) is 7.97. The Kier molecular flexibility index (Phi) is 5.73. The van der Waals surface area contributed by atoms with E-state index < -0.39 is 0 Å². The molecule has 28 heavy (non-hydrogen) atoms. The number of hydrogen-bond acceptors (Lipinski definition) is 4. The number of benzene rings is 1. The number of carbonyl (C=O) groups is 1. The zero-order chi connectivity index (χ0) is 19.5. The highest BCUT2D eigenvalue weighted by Gasteiger charge is 2.20. The Hall–Kier alpha value is -2.25. The van der Waals surface area contributed by atoms with Crippen molar-refractivity contribution in [2.75, 3.05) is 6.61 Å². The maximum absolute atomic E-state index is 12.8. The van der Waals surface area contributed by atoms with Crippen LogP contribution in [0.1, 0.15) is 60.8 Å². The number of ether oxygens (including phenoxy) is 1. The normalized spacial score (nSPS) is 18.1. The summed E-state index contributed by atoms with van der Waals surface area (Å²) in [5, 5.41) is 8.55. The average Bonchev–Trinajstić information content (AvgIpc) is 3.15. The third kappa shape index (κ3) is 3.95. The predicted molar refractivity (Wildman–Crippen MR) is 111 cm³/mol. The summed E-state index contributed by atoms with van der Waals surface area (Å²) in [6.45, 7) is 2.82. The molecule has 0 aliphatic carbocycles. The molecule has 1 saturated heterocycles. The van der Waals surface area contributed by atoms with Crippen LogP contribution >= 0.6 is 15.9 Å². The van der Waals surface area contributed by atoms with Gasteiger partial charge < -0.3 is 10.1 Å². The molecule has 0 spiro atoms. The molecule has 2 aromatic heterocycles. The molecule has 0 radical (unpaired) electrons. The number of amides is 1. The molecule has 0 bridgehead atoms. The van der Waals surface area contributed by atoms with Crippen LogP contribution in [-0.4, -0.2) is 27.3 Å². The van der Waals surface area contributed by atoms with Crippen LogP contribution in [0.15, 0.2) is 47.3 Å². The topological polar surface area (TPSA) is 69.0 Å². The summed E-state index contributed by atoms with van der Waals surface area (Å²) in [4.78, 5) is 17.0. The Balaban J connectivity index is 1.54. The van der Waals surface area contributed by atoms with E-state index in [0.717, 1.165) is 53.2 Å². The van der Waals surface area contributed by atoms with Crippen molar-refractivity contribution in [1.82, 2.24) is 20.1 Å². The summed E-state index contributed by atoms with van der Waals surface area (Å²) in [6.07, 6.45) is 9.32. The molecule has 1 aliphatic heterocycles. The van der Waals surface area contributed by atoms with Crippen LogP contribution in [0.2, 0.25) is 0 Å². The highest BCUT2D eigenvalue weighted by atomic mass is 79.9. The fourth-order valence-corrected chi connectivity index (χ4v) is 4.00. The molecule has 1 aromatic carbocycles. The Bertz CT molecular complexity index is 981. The third-order valence-corrected chi connectivity index (χ3v) is 5.56. The van der Waals surface area contributed by atoms with Gasteiger partial charge in [0, 0.05) is 34.4 Å². The highest BCUT2D eigenvalue weighted by Crippen LogP contribution is 2.27. The van der Waals surface area contributed by atoms with E-state index in [1.165, 1.54) is 0 Å². The molecule has 3 aromatic rings. The van der Waals surface area contributed by atoms with E-state index in [0.29, 0.717) is 5.56 Å². The minimum absolute atomic E-state index is 0.0144. The van der Waals surface area contributed by atoms with E-state index in [2.05, 4.69) is 31.3 Å². The number of nitrogens with zero attached hydrogens (tertiary/aromatic N) is 3. The molecule has 1 N–H and O–H groups in total. The van der Waals surface area contributed by atoms with Crippen molar-refractivity contribution >= 4 is 32.7 Å². The van der Waals surface area contributed by atoms with Gasteiger partial charge in [-0.2, -0.15) is 5.10 Å². The smallest absolute Gasteiger partial charge is 0.251 e. The van der Waals surface area contributed by atoms with Gasteiger partial charge in [0.1, 0.15) is 0 Å². The lowest BCUT2D eigenvalue weighted by molar-refractivity contribution is -0.0366. The molecule has 1 aliphatic rings. The summed E-state index contributed by atoms with van der Waals surface area (Å²) in [5.41, 5.74) is 2.60. The van der Waals surface area contributed by atoms with E-state index in [1.807, 2.05) is 35.9 Å². The number of hydrogen-bond donors (Lipinski definition) is 1. The zero-order valence-corrected chi connectivity index (χ0v) is 17.4. The molecule has 1 fully saturated rings. The van der Waals surface area contributed by atoms with Crippen molar-refractivity contribution in [1.29, 1.82) is 0 Å². The van der Waals surface area contributed by atoms with Gasteiger partial charge in [-0.25, -0.2) is 4.68 Å². The highest BCUT2D eigenvalue weighted by molar-refractivity contribution is 9.10. The van der Waals surface area contributed by atoms with Crippen molar-refractivity contribution in [2.24, 2.45) is 0 Å². The van der Waals surface area contributed by atoms with E-state index in [4.69, 9.17) is 4.74 Å². The Labute approximate surface area is 172 Å². The summed E-state index contributed by atoms with van der Waals surface area (Å²) in [7, 11) is 0. The first-order valence-electron chi connectivity index (χ1n) is 9.66. The number of fused-ring (bicyclic) bond motifs is 1. The molecule has 1 amide bonds. The van der Waals surface area contributed by atoms with Crippen molar-refractivity contribution in [3.05, 3.63) is 58.5 Å². The van der Waals surface area contributed by atoms with Gasteiger partial charge in [-0.1, -0.05) is 6.92 Å². The molecule has 0 saturated carbocycles. The number of pyridine rings is 1. The fourth-order valence-electron chi connectivity index (χ4n) is 3.62. The van der Waals surface area contributed by atoms with Crippen LogP contribution in [0, 0.1) is 0 Å². The van der Waals surface area contributed by atoms with Crippen LogP contribution in [0.3, 0.4) is 0 Å². The Morgan fingerprint density at radius 3 is 2.96 bits per heavy atom. The summed E-state index contributed by atoms with van der Waals surface area (Å²) in [6, 6.07) is 7.59. The first kappa shape index (κ1) is 19.1. The molecule has 146 valence electrons. The van der Waals surface area contributed by atoms with Crippen LogP contribution in [0.4, 0.5) is 0 Å². The fraction of sp³-hybridized carbons (Fsp3) is 0.381. The van der Waals surface area contributed by atoms with E-state index >= 15 is 0 Å². The van der Waals surface area contributed by atoms with Crippen molar-refractivity contribution in [3.63, 3.8) is 0 Å². The monoisotopic (exact) mass is 442 g/mol. The lowest BCUT2D eigenvalue weighted by Gasteiger charge is -2.23. The summed E-state index contributed by atoms with van der Waals surface area (Å²) < 4.78 is 8.67. The maximum Gasteiger partial charge on any atom is 0.251 e. The van der Waals surface area contributed by atoms with Gasteiger partial charge in [-0.15, -0.1) is 0 Å². The Morgan fingerprint density at radius 2 is 2.21 bits per heavy atom. The maximum atomic E-state index is 12.8. The second kappa shape index (κ2) is 8.41. The van der Waals surface area contributed by atoms with Crippen LogP contribution < -0.4 is 5.32 Å². The minimum atomic E-state index is -0.101.